The topological polar surface area (TPSA) is 64.6 Å². The van der Waals surface area contributed by atoms with E-state index < -0.39 is 36.6 Å². The first-order valence-electron chi connectivity index (χ1n) is 17.8. The lowest BCUT2D eigenvalue weighted by Gasteiger charge is -2.49. The van der Waals surface area contributed by atoms with E-state index in [2.05, 4.69) is 55.1 Å². The van der Waals surface area contributed by atoms with Gasteiger partial charge in [0.15, 0.2) is 0 Å². The third kappa shape index (κ3) is 10.5. The van der Waals surface area contributed by atoms with E-state index in [0.717, 1.165) is 33.6 Å². The smallest absolute Gasteiger partial charge is 0.118 e. The van der Waals surface area contributed by atoms with Crippen LogP contribution < -0.4 is 4.74 Å². The number of methoxy groups -OCH3 is 1. The fourth-order valence-electron chi connectivity index (χ4n) is 6.42. The van der Waals surface area contributed by atoms with Gasteiger partial charge in [0, 0.05) is 0 Å². The van der Waals surface area contributed by atoms with Crippen molar-refractivity contribution in [1.82, 2.24) is 0 Å². The highest BCUT2D eigenvalue weighted by atomic mass is 16.6. The van der Waals surface area contributed by atoms with Crippen LogP contribution in [0.2, 0.25) is 0 Å². The average molecular weight is 701 g/mol. The molecule has 1 saturated carbocycles. The molecule has 1 aliphatic rings. The predicted octanol–water partition coefficient (Wildman–Crippen LogP) is 8.51. The minimum Gasteiger partial charge on any atom is -0.497 e. The fourth-order valence-corrected chi connectivity index (χ4v) is 6.42. The Bertz CT molecular complexity index is 1720. The second kappa shape index (κ2) is 19.9. The van der Waals surface area contributed by atoms with E-state index >= 15 is 0 Å². The van der Waals surface area contributed by atoms with Crippen molar-refractivity contribution in [3.63, 3.8) is 0 Å². The molecule has 0 spiro atoms. The molecule has 5 aromatic rings. The molecule has 0 heterocycles. The van der Waals surface area contributed by atoms with Crippen molar-refractivity contribution in [2.24, 2.45) is 0 Å². The van der Waals surface area contributed by atoms with Crippen molar-refractivity contribution < 1.29 is 33.2 Å². The molecule has 0 aliphatic heterocycles. The molecule has 1 aliphatic carbocycles. The lowest BCUT2D eigenvalue weighted by molar-refractivity contribution is -0.289. The summed E-state index contributed by atoms with van der Waals surface area (Å²) in [6.45, 7) is 5.92. The van der Waals surface area contributed by atoms with E-state index in [0.29, 0.717) is 33.0 Å². The molecule has 0 amide bonds. The van der Waals surface area contributed by atoms with Gasteiger partial charge in [0.1, 0.15) is 42.4 Å². The van der Waals surface area contributed by atoms with Crippen molar-refractivity contribution in [3.8, 4) is 5.75 Å². The van der Waals surface area contributed by atoms with E-state index in [-0.39, 0.29) is 6.61 Å². The molecule has 0 N–H and O–H groups in total. The summed E-state index contributed by atoms with van der Waals surface area (Å²) in [6, 6.07) is 48.4. The van der Waals surface area contributed by atoms with Gasteiger partial charge in [-0.15, -0.1) is 6.58 Å². The van der Waals surface area contributed by atoms with Gasteiger partial charge < -0.3 is 33.2 Å². The molecule has 0 aromatic heterocycles. The minimum absolute atomic E-state index is 0.282. The molecule has 7 heteroatoms. The first-order valence-corrected chi connectivity index (χ1v) is 17.8. The zero-order valence-electron chi connectivity index (χ0n) is 29.7. The largest absolute Gasteiger partial charge is 0.497 e. The summed E-state index contributed by atoms with van der Waals surface area (Å²) in [4.78, 5) is 0. The number of rotatable bonds is 19. The highest BCUT2D eigenvalue weighted by molar-refractivity contribution is 5.27. The summed E-state index contributed by atoms with van der Waals surface area (Å²) >= 11 is 0. The third-order valence-electron chi connectivity index (χ3n) is 9.09. The Labute approximate surface area is 307 Å². The highest BCUT2D eigenvalue weighted by Gasteiger charge is 2.55. The lowest BCUT2D eigenvalue weighted by Crippen LogP contribution is -2.67. The maximum absolute atomic E-state index is 6.92. The monoisotopic (exact) mass is 700 g/mol. The van der Waals surface area contributed by atoms with E-state index in [1.807, 2.05) is 97.1 Å². The molecule has 6 rings (SSSR count). The Hall–Kier alpha value is -4.60. The van der Waals surface area contributed by atoms with Gasteiger partial charge in [0.05, 0.1) is 46.8 Å². The van der Waals surface area contributed by atoms with Crippen LogP contribution in [0.15, 0.2) is 158 Å². The van der Waals surface area contributed by atoms with Gasteiger partial charge in [-0.1, -0.05) is 140 Å². The molecular formula is C45H48O7. The van der Waals surface area contributed by atoms with Gasteiger partial charge in [0.2, 0.25) is 0 Å². The summed E-state index contributed by atoms with van der Waals surface area (Å²) in [7, 11) is 1.66. The molecule has 7 nitrogen and oxygen atoms in total. The fraction of sp³-hybridized carbons (Fsp3) is 0.289. The summed E-state index contributed by atoms with van der Waals surface area (Å²) < 4.78 is 46.5. The zero-order valence-corrected chi connectivity index (χ0v) is 29.7. The standard InChI is InChI=1S/C45H48O7/c1-3-28-47-40-41(48-29-34-16-8-4-9-17-34)43(49-30-35-18-10-5-11-19-35)45(51-32-37-22-14-7-15-23-37)44(50-31-36-20-12-6-13-21-36)42(40)52-33-38-24-26-39(46-2)27-25-38/h3-27,40-45H,1,28-33H2,2H3/t40-,41-,42+,43+,44+,45-/m1/s1. The summed E-state index contributed by atoms with van der Waals surface area (Å²) in [5.74, 6) is 0.778. The van der Waals surface area contributed by atoms with E-state index in [9.17, 15) is 0 Å². The summed E-state index contributed by atoms with van der Waals surface area (Å²) in [5.41, 5.74) is 5.12. The highest BCUT2D eigenvalue weighted by Crippen LogP contribution is 2.36. The Morgan fingerprint density at radius 1 is 0.385 bits per heavy atom. The Balaban J connectivity index is 1.40. The maximum atomic E-state index is 6.92. The van der Waals surface area contributed by atoms with Gasteiger partial charge in [-0.25, -0.2) is 0 Å². The molecule has 52 heavy (non-hydrogen) atoms. The minimum atomic E-state index is -0.608. The van der Waals surface area contributed by atoms with E-state index in [1.54, 1.807) is 13.2 Å². The van der Waals surface area contributed by atoms with Crippen LogP contribution in [0.4, 0.5) is 0 Å². The molecule has 0 radical (unpaired) electrons. The molecule has 5 aromatic carbocycles. The van der Waals surface area contributed by atoms with Crippen LogP contribution >= 0.6 is 0 Å². The number of hydrogen-bond donors (Lipinski definition) is 0. The van der Waals surface area contributed by atoms with Crippen LogP contribution in [0.1, 0.15) is 27.8 Å². The predicted molar refractivity (Wildman–Crippen MR) is 202 cm³/mol. The molecule has 1 fully saturated rings. The number of hydrogen-bond acceptors (Lipinski definition) is 7. The summed E-state index contributed by atoms with van der Waals surface area (Å²) in [6.07, 6.45) is -1.85. The first kappa shape index (κ1) is 37.2. The Morgan fingerprint density at radius 2 is 0.654 bits per heavy atom. The van der Waals surface area contributed by atoms with Crippen LogP contribution in [0, 0.1) is 0 Å². The van der Waals surface area contributed by atoms with Crippen LogP contribution in [-0.4, -0.2) is 50.3 Å². The van der Waals surface area contributed by atoms with E-state index in [4.69, 9.17) is 33.2 Å². The maximum Gasteiger partial charge on any atom is 0.118 e. The molecular weight excluding hydrogens is 652 g/mol. The quantitative estimate of drug-likeness (QED) is 0.0801. The van der Waals surface area contributed by atoms with Gasteiger partial charge in [0.25, 0.3) is 0 Å². The van der Waals surface area contributed by atoms with Crippen molar-refractivity contribution in [1.29, 1.82) is 0 Å². The number of ether oxygens (including phenoxy) is 7. The van der Waals surface area contributed by atoms with Gasteiger partial charge in [-0.05, 0) is 39.9 Å². The Morgan fingerprint density at radius 3 is 0.923 bits per heavy atom. The zero-order chi connectivity index (χ0) is 35.8. The first-order chi connectivity index (χ1) is 25.7. The Kier molecular flexibility index (Phi) is 14.2. The molecule has 6 atom stereocenters. The average Bonchev–Trinajstić information content (AvgIpc) is 3.21. The van der Waals surface area contributed by atoms with Crippen LogP contribution in [0.25, 0.3) is 0 Å². The van der Waals surface area contributed by atoms with Crippen molar-refractivity contribution in [2.45, 2.75) is 69.7 Å². The molecule has 0 bridgehead atoms. The second-order valence-electron chi connectivity index (χ2n) is 12.8. The lowest BCUT2D eigenvalue weighted by atomic mass is 9.83. The van der Waals surface area contributed by atoms with Gasteiger partial charge >= 0.3 is 0 Å². The number of benzene rings is 5. The third-order valence-corrected chi connectivity index (χ3v) is 9.09. The van der Waals surface area contributed by atoms with E-state index in [1.165, 1.54) is 0 Å². The normalized spacial score (nSPS) is 21.4. The van der Waals surface area contributed by atoms with Gasteiger partial charge in [-0.2, -0.15) is 0 Å². The van der Waals surface area contributed by atoms with Crippen LogP contribution in [-0.2, 0) is 61.5 Å². The van der Waals surface area contributed by atoms with Crippen LogP contribution in [0.3, 0.4) is 0 Å². The SMILES string of the molecule is C=CCO[C@@H]1[C@@H](OCc2ccccc2)[C@H](OCc2ccccc2)[C@@H](OCc2ccccc2)[C@@H](OCc2ccccc2)[C@H]1OCc1ccc(OC)cc1. The molecule has 270 valence electrons. The van der Waals surface area contributed by atoms with Crippen LogP contribution in [0.5, 0.6) is 5.75 Å². The second-order valence-corrected chi connectivity index (χ2v) is 12.8. The van der Waals surface area contributed by atoms with Crippen molar-refractivity contribution in [3.05, 3.63) is 186 Å². The molecule has 0 saturated heterocycles. The summed E-state index contributed by atoms with van der Waals surface area (Å²) in [5, 5.41) is 0. The molecule has 0 unspecified atom stereocenters. The van der Waals surface area contributed by atoms with Crippen molar-refractivity contribution >= 4 is 0 Å². The van der Waals surface area contributed by atoms with Gasteiger partial charge in [-0.3, -0.25) is 0 Å². The van der Waals surface area contributed by atoms with Crippen molar-refractivity contribution in [2.75, 3.05) is 13.7 Å².